The monoisotopic (exact) mass is 947 g/mol. The molecule has 1 aliphatic carbocycles. The third kappa shape index (κ3) is 33.5. The zero-order valence-electron chi connectivity index (χ0n) is 40.8. The lowest BCUT2D eigenvalue weighted by atomic mass is 9.85. The lowest BCUT2D eigenvalue weighted by molar-refractivity contribution is -0.220. The number of phosphoric acid groups is 1. The number of unbranched alkanes of at least 4 members (excludes halogenated alkanes) is 28. The van der Waals surface area contributed by atoms with E-state index in [4.69, 9.17) is 18.5 Å². The Balaban J connectivity index is 2.37. The molecule has 6 N–H and O–H groups in total. The highest BCUT2D eigenvalue weighted by Crippen LogP contribution is 2.47. The van der Waals surface area contributed by atoms with E-state index in [1.54, 1.807) is 0 Å². The van der Waals surface area contributed by atoms with E-state index in [0.29, 0.717) is 12.8 Å². The smallest absolute Gasteiger partial charge is 0.462 e. The van der Waals surface area contributed by atoms with Crippen LogP contribution < -0.4 is 0 Å². The van der Waals surface area contributed by atoms with Crippen LogP contribution in [-0.4, -0.2) is 98.3 Å². The van der Waals surface area contributed by atoms with Gasteiger partial charge in [-0.15, -0.1) is 0 Å². The standard InChI is InChI=1S/C51H95O13P/c1-3-5-7-9-11-13-15-17-19-20-21-22-23-24-26-27-29-31-33-35-37-39-44(52)61-41-43(42-62-65(59,60)64-51-49(57)47(55)46(54)48(56)50(51)58)63-45(53)40-38-36-34-32-30-28-25-18-16-14-12-10-8-6-4-2/h14,16-17,19,43,46-51,54-58H,3-13,15,18,20-42H2,1-2H3,(H,59,60)/b16-14+,19-17+/t43-,46?,47-,48?,49?,50?,51?/m0/s1. The van der Waals surface area contributed by atoms with Crippen molar-refractivity contribution in [3.05, 3.63) is 24.3 Å². The van der Waals surface area contributed by atoms with Gasteiger partial charge in [0.2, 0.25) is 0 Å². The molecule has 0 spiro atoms. The number of carbonyl (C=O) groups excluding carboxylic acids is 2. The van der Waals surface area contributed by atoms with Gasteiger partial charge in [-0.25, -0.2) is 4.57 Å². The molecule has 0 aromatic heterocycles. The van der Waals surface area contributed by atoms with Crippen molar-refractivity contribution in [3.63, 3.8) is 0 Å². The Labute approximate surface area is 394 Å². The van der Waals surface area contributed by atoms with E-state index in [-0.39, 0.29) is 12.8 Å². The molecule has 1 saturated carbocycles. The van der Waals surface area contributed by atoms with E-state index < -0.39 is 75.7 Å². The minimum absolute atomic E-state index is 0.0939. The molecule has 0 amide bonds. The number of rotatable bonds is 44. The maximum atomic E-state index is 12.8. The maximum Gasteiger partial charge on any atom is 0.472 e. The Kier molecular flexibility index (Phi) is 39.0. The topological polar surface area (TPSA) is 210 Å². The molecular formula is C51H95O13P. The summed E-state index contributed by atoms with van der Waals surface area (Å²) in [5.74, 6) is -1.10. The second kappa shape index (κ2) is 41.3. The highest BCUT2D eigenvalue weighted by molar-refractivity contribution is 7.47. The van der Waals surface area contributed by atoms with Gasteiger partial charge in [0.25, 0.3) is 0 Å². The predicted octanol–water partition coefficient (Wildman–Crippen LogP) is 11.2. The van der Waals surface area contributed by atoms with Crippen molar-refractivity contribution < 1.29 is 63.1 Å². The van der Waals surface area contributed by atoms with Crippen molar-refractivity contribution in [2.24, 2.45) is 0 Å². The van der Waals surface area contributed by atoms with Gasteiger partial charge in [-0.05, 0) is 64.2 Å². The lowest BCUT2D eigenvalue weighted by Crippen LogP contribution is -2.64. The Morgan fingerprint density at radius 1 is 0.462 bits per heavy atom. The van der Waals surface area contributed by atoms with Crippen LogP contribution in [0.5, 0.6) is 0 Å². The van der Waals surface area contributed by atoms with Gasteiger partial charge in [0, 0.05) is 12.8 Å². The van der Waals surface area contributed by atoms with Crippen LogP contribution in [0.25, 0.3) is 0 Å². The van der Waals surface area contributed by atoms with Crippen molar-refractivity contribution in [1.29, 1.82) is 0 Å². The summed E-state index contributed by atoms with van der Waals surface area (Å²) < 4.78 is 33.6. The highest BCUT2D eigenvalue weighted by Gasteiger charge is 2.51. The van der Waals surface area contributed by atoms with E-state index in [0.717, 1.165) is 57.8 Å². The molecule has 8 atom stereocenters. The summed E-state index contributed by atoms with van der Waals surface area (Å²) in [6.45, 7) is 3.31. The molecule has 382 valence electrons. The summed E-state index contributed by atoms with van der Waals surface area (Å²) >= 11 is 0. The van der Waals surface area contributed by atoms with Crippen molar-refractivity contribution in [2.45, 2.75) is 275 Å². The molecule has 65 heavy (non-hydrogen) atoms. The van der Waals surface area contributed by atoms with Crippen LogP contribution >= 0.6 is 7.82 Å². The lowest BCUT2D eigenvalue weighted by Gasteiger charge is -2.41. The van der Waals surface area contributed by atoms with E-state index in [2.05, 4.69) is 38.2 Å². The quantitative estimate of drug-likeness (QED) is 0.0146. The summed E-state index contributed by atoms with van der Waals surface area (Å²) in [5, 5.41) is 50.3. The molecule has 0 aliphatic heterocycles. The van der Waals surface area contributed by atoms with Crippen LogP contribution in [0.2, 0.25) is 0 Å². The summed E-state index contributed by atoms with van der Waals surface area (Å²) in [5.41, 5.74) is 0. The first kappa shape index (κ1) is 61.3. The fourth-order valence-electron chi connectivity index (χ4n) is 8.04. The van der Waals surface area contributed by atoms with Gasteiger partial charge in [0.1, 0.15) is 43.2 Å². The van der Waals surface area contributed by atoms with Gasteiger partial charge in [0.05, 0.1) is 6.61 Å². The molecular weight excluding hydrogens is 852 g/mol. The van der Waals surface area contributed by atoms with Gasteiger partial charge in [-0.1, -0.05) is 179 Å². The summed E-state index contributed by atoms with van der Waals surface area (Å²) in [7, 11) is -5.12. The van der Waals surface area contributed by atoms with Gasteiger partial charge in [0.15, 0.2) is 6.10 Å². The third-order valence-corrected chi connectivity index (χ3v) is 13.3. The first-order chi connectivity index (χ1) is 31.4. The molecule has 0 bridgehead atoms. The van der Waals surface area contributed by atoms with Gasteiger partial charge < -0.3 is 39.9 Å². The number of esters is 2. The normalized spacial score (nSPS) is 21.5. The minimum Gasteiger partial charge on any atom is -0.462 e. The van der Waals surface area contributed by atoms with E-state index >= 15 is 0 Å². The number of hydrogen-bond acceptors (Lipinski definition) is 12. The molecule has 13 nitrogen and oxygen atoms in total. The van der Waals surface area contributed by atoms with Gasteiger partial charge >= 0.3 is 19.8 Å². The van der Waals surface area contributed by atoms with E-state index in [1.807, 2.05) is 0 Å². The fraction of sp³-hybridized carbons (Fsp3) is 0.882. The molecule has 1 aliphatic rings. The Hall–Kier alpha value is -1.67. The van der Waals surface area contributed by atoms with Crippen LogP contribution in [-0.2, 0) is 32.7 Å². The summed E-state index contributed by atoms with van der Waals surface area (Å²) in [4.78, 5) is 35.8. The largest absolute Gasteiger partial charge is 0.472 e. The van der Waals surface area contributed by atoms with Crippen molar-refractivity contribution in [2.75, 3.05) is 13.2 Å². The zero-order valence-corrected chi connectivity index (χ0v) is 41.7. The second-order valence-electron chi connectivity index (χ2n) is 18.4. The fourth-order valence-corrected chi connectivity index (χ4v) is 9.02. The minimum atomic E-state index is -5.12. The number of aliphatic hydroxyl groups excluding tert-OH is 5. The number of allylic oxidation sites excluding steroid dienone is 4. The molecule has 0 radical (unpaired) electrons. The van der Waals surface area contributed by atoms with Crippen LogP contribution in [0.15, 0.2) is 24.3 Å². The van der Waals surface area contributed by atoms with Crippen molar-refractivity contribution >= 4 is 19.8 Å². The number of carbonyl (C=O) groups is 2. The number of phosphoric ester groups is 1. The van der Waals surface area contributed by atoms with Gasteiger partial charge in [-0.3, -0.25) is 18.6 Å². The van der Waals surface area contributed by atoms with Crippen molar-refractivity contribution in [3.8, 4) is 0 Å². The summed E-state index contributed by atoms with van der Waals surface area (Å²) in [6, 6.07) is 0. The molecule has 14 heteroatoms. The van der Waals surface area contributed by atoms with Crippen LogP contribution in [0.3, 0.4) is 0 Å². The van der Waals surface area contributed by atoms with Crippen LogP contribution in [0.4, 0.5) is 0 Å². The SMILES string of the molecule is CCCCCC/C=C/CCCCCCCCCC(=O)O[C@@H](COC(=O)CCCCCCCCCCCCC/C=C/CCCCCCCC)COP(=O)(O)OC1C(O)C(O)C(O)[C@H](O)C1O. The second-order valence-corrected chi connectivity index (χ2v) is 19.8. The predicted molar refractivity (Wildman–Crippen MR) is 258 cm³/mol. The first-order valence-corrected chi connectivity index (χ1v) is 27.6. The first-order valence-electron chi connectivity index (χ1n) is 26.1. The van der Waals surface area contributed by atoms with Crippen LogP contribution in [0, 0.1) is 0 Å². The maximum absolute atomic E-state index is 12.8. The zero-order chi connectivity index (χ0) is 47.8. The molecule has 0 aromatic carbocycles. The summed E-state index contributed by atoms with van der Waals surface area (Å²) in [6.07, 6.45) is 33.7. The molecule has 0 heterocycles. The van der Waals surface area contributed by atoms with Crippen molar-refractivity contribution in [1.82, 2.24) is 0 Å². The number of hydrogen-bond donors (Lipinski definition) is 6. The number of ether oxygens (including phenoxy) is 2. The molecule has 1 rings (SSSR count). The molecule has 0 saturated heterocycles. The molecule has 0 aromatic rings. The molecule has 6 unspecified atom stereocenters. The average molecular weight is 947 g/mol. The highest BCUT2D eigenvalue weighted by atomic mass is 31.2. The Bertz CT molecular complexity index is 1230. The third-order valence-electron chi connectivity index (χ3n) is 12.3. The van der Waals surface area contributed by atoms with Gasteiger partial charge in [-0.2, -0.15) is 0 Å². The van der Waals surface area contributed by atoms with E-state index in [9.17, 15) is 44.6 Å². The Morgan fingerprint density at radius 3 is 1.18 bits per heavy atom. The van der Waals surface area contributed by atoms with Crippen LogP contribution in [0.1, 0.15) is 232 Å². The van der Waals surface area contributed by atoms with E-state index in [1.165, 1.54) is 135 Å². The number of aliphatic hydroxyl groups is 5. The average Bonchev–Trinajstić information content (AvgIpc) is 3.29. The Morgan fingerprint density at radius 2 is 0.785 bits per heavy atom. The molecule has 1 fully saturated rings.